The number of hydrogen-bond donors (Lipinski definition) is 1. The summed E-state index contributed by atoms with van der Waals surface area (Å²) < 4.78 is 6.30. The average molecular weight is 318 g/mol. The molecular formula is C22H22O2. The maximum atomic E-state index is 10.4. The number of aliphatic hydroxyl groups is 1. The van der Waals surface area contributed by atoms with Crippen LogP contribution in [0.5, 0.6) is 0 Å². The first-order chi connectivity index (χ1) is 11.8. The molecule has 0 fully saturated rings. The van der Waals surface area contributed by atoms with Crippen LogP contribution in [0.3, 0.4) is 0 Å². The molecule has 0 aliphatic carbocycles. The van der Waals surface area contributed by atoms with Crippen molar-refractivity contribution in [3.05, 3.63) is 108 Å². The zero-order valence-corrected chi connectivity index (χ0v) is 13.8. The van der Waals surface area contributed by atoms with Gasteiger partial charge in [0.15, 0.2) is 6.29 Å². The predicted molar refractivity (Wildman–Crippen MR) is 96.6 cm³/mol. The third-order valence-electron chi connectivity index (χ3n) is 4.20. The normalized spacial score (nSPS) is 12.8. The van der Waals surface area contributed by atoms with E-state index in [0.29, 0.717) is 6.42 Å². The zero-order chi connectivity index (χ0) is 16.8. The van der Waals surface area contributed by atoms with Crippen molar-refractivity contribution in [3.8, 4) is 0 Å². The van der Waals surface area contributed by atoms with Gasteiger partial charge in [-0.1, -0.05) is 97.9 Å². The van der Waals surface area contributed by atoms with Crippen LogP contribution in [0, 0.1) is 0 Å². The van der Waals surface area contributed by atoms with Crippen LogP contribution in [0.1, 0.15) is 30.0 Å². The minimum absolute atomic E-state index is 0.522. The Labute approximate surface area is 143 Å². The van der Waals surface area contributed by atoms with Gasteiger partial charge in [-0.2, -0.15) is 0 Å². The lowest BCUT2D eigenvalue weighted by Gasteiger charge is -2.37. The highest BCUT2D eigenvalue weighted by Gasteiger charge is 2.39. The Hall–Kier alpha value is -2.42. The van der Waals surface area contributed by atoms with Crippen molar-refractivity contribution in [3.63, 3.8) is 0 Å². The van der Waals surface area contributed by atoms with Crippen LogP contribution in [-0.4, -0.2) is 11.4 Å². The summed E-state index contributed by atoms with van der Waals surface area (Å²) in [5.74, 6) is 0. The van der Waals surface area contributed by atoms with E-state index in [1.165, 1.54) is 0 Å². The van der Waals surface area contributed by atoms with Gasteiger partial charge in [-0.15, -0.1) is 0 Å². The maximum Gasteiger partial charge on any atom is 0.156 e. The lowest BCUT2D eigenvalue weighted by Crippen LogP contribution is -2.36. The molecule has 0 saturated carbocycles. The molecule has 3 rings (SSSR count). The Balaban J connectivity index is 2.28. The van der Waals surface area contributed by atoms with E-state index in [4.69, 9.17) is 4.74 Å². The van der Waals surface area contributed by atoms with Crippen LogP contribution >= 0.6 is 0 Å². The van der Waals surface area contributed by atoms with Gasteiger partial charge in [0.1, 0.15) is 5.60 Å². The average Bonchev–Trinajstić information content (AvgIpc) is 2.68. The Morgan fingerprint density at radius 3 is 1.33 bits per heavy atom. The van der Waals surface area contributed by atoms with Crippen LogP contribution in [0.15, 0.2) is 91.0 Å². The van der Waals surface area contributed by atoms with Gasteiger partial charge in [-0.25, -0.2) is 0 Å². The van der Waals surface area contributed by atoms with Crippen molar-refractivity contribution in [2.75, 3.05) is 0 Å². The molecule has 24 heavy (non-hydrogen) atoms. The monoisotopic (exact) mass is 318 g/mol. The van der Waals surface area contributed by atoms with Crippen LogP contribution in [0.2, 0.25) is 0 Å². The van der Waals surface area contributed by atoms with E-state index in [1.54, 1.807) is 0 Å². The SMILES string of the molecule is CCC(O)OC(c1ccccc1)(c1ccccc1)c1ccccc1. The summed E-state index contributed by atoms with van der Waals surface area (Å²) in [6, 6.07) is 30.2. The topological polar surface area (TPSA) is 29.5 Å². The number of aliphatic hydroxyl groups excluding tert-OH is 1. The quantitative estimate of drug-likeness (QED) is 0.526. The van der Waals surface area contributed by atoms with Crippen molar-refractivity contribution < 1.29 is 9.84 Å². The summed E-state index contributed by atoms with van der Waals surface area (Å²) in [5, 5.41) is 10.4. The number of rotatable bonds is 6. The molecule has 0 saturated heterocycles. The predicted octanol–water partition coefficient (Wildman–Crippen LogP) is 4.72. The first kappa shape index (κ1) is 16.4. The fourth-order valence-electron chi connectivity index (χ4n) is 3.01. The Morgan fingerprint density at radius 2 is 1.04 bits per heavy atom. The molecule has 0 spiro atoms. The smallest absolute Gasteiger partial charge is 0.156 e. The molecule has 0 bridgehead atoms. The third-order valence-corrected chi connectivity index (χ3v) is 4.20. The summed E-state index contributed by atoms with van der Waals surface area (Å²) in [4.78, 5) is 0. The van der Waals surface area contributed by atoms with Gasteiger partial charge in [-0.05, 0) is 23.1 Å². The summed E-state index contributed by atoms with van der Waals surface area (Å²) in [6.07, 6.45) is -0.334. The van der Waals surface area contributed by atoms with E-state index in [2.05, 4.69) is 0 Å². The van der Waals surface area contributed by atoms with E-state index in [-0.39, 0.29) is 0 Å². The molecule has 0 aliphatic heterocycles. The lowest BCUT2D eigenvalue weighted by atomic mass is 9.80. The number of ether oxygens (including phenoxy) is 1. The highest BCUT2D eigenvalue weighted by molar-refractivity contribution is 5.47. The van der Waals surface area contributed by atoms with Gasteiger partial charge in [-0.3, -0.25) is 0 Å². The standard InChI is InChI=1S/C22H22O2/c1-2-21(23)24-22(18-12-6-3-7-13-18,19-14-8-4-9-15-19)20-16-10-5-11-17-20/h3-17,21,23H,2H2,1H3. The molecule has 0 radical (unpaired) electrons. The van der Waals surface area contributed by atoms with Crippen LogP contribution < -0.4 is 0 Å². The maximum absolute atomic E-state index is 10.4. The first-order valence-corrected chi connectivity index (χ1v) is 8.30. The van der Waals surface area contributed by atoms with E-state index in [0.717, 1.165) is 16.7 Å². The Morgan fingerprint density at radius 1 is 0.708 bits per heavy atom. The minimum Gasteiger partial charge on any atom is -0.368 e. The molecule has 2 nitrogen and oxygen atoms in total. The number of benzene rings is 3. The zero-order valence-electron chi connectivity index (χ0n) is 13.8. The first-order valence-electron chi connectivity index (χ1n) is 8.30. The molecule has 0 heterocycles. The highest BCUT2D eigenvalue weighted by Crippen LogP contribution is 2.41. The van der Waals surface area contributed by atoms with Crippen molar-refractivity contribution in [1.29, 1.82) is 0 Å². The molecule has 1 atom stereocenters. The Kier molecular flexibility index (Phi) is 5.09. The Bertz CT molecular complexity index is 642. The van der Waals surface area contributed by atoms with E-state index in [9.17, 15) is 5.11 Å². The minimum atomic E-state index is -0.856. The second kappa shape index (κ2) is 7.43. The summed E-state index contributed by atoms with van der Waals surface area (Å²) in [5.41, 5.74) is 2.14. The molecule has 1 N–H and O–H groups in total. The number of hydrogen-bond acceptors (Lipinski definition) is 2. The van der Waals surface area contributed by atoms with Crippen molar-refractivity contribution in [1.82, 2.24) is 0 Å². The fraction of sp³-hybridized carbons (Fsp3) is 0.182. The lowest BCUT2D eigenvalue weighted by molar-refractivity contribution is -0.159. The van der Waals surface area contributed by atoms with Gasteiger partial charge < -0.3 is 9.84 Å². The molecule has 0 aliphatic rings. The molecule has 2 heteroatoms. The van der Waals surface area contributed by atoms with Gasteiger partial charge in [0.05, 0.1) is 0 Å². The van der Waals surface area contributed by atoms with E-state index >= 15 is 0 Å². The second-order valence-electron chi connectivity index (χ2n) is 5.76. The van der Waals surface area contributed by atoms with Crippen LogP contribution in [0.25, 0.3) is 0 Å². The van der Waals surface area contributed by atoms with Gasteiger partial charge in [0, 0.05) is 0 Å². The molecule has 0 amide bonds. The molecule has 122 valence electrons. The molecule has 0 aromatic heterocycles. The van der Waals surface area contributed by atoms with E-state index < -0.39 is 11.9 Å². The van der Waals surface area contributed by atoms with Crippen molar-refractivity contribution >= 4 is 0 Å². The second-order valence-corrected chi connectivity index (χ2v) is 5.76. The molecule has 1 unspecified atom stereocenters. The van der Waals surface area contributed by atoms with Crippen molar-refractivity contribution in [2.45, 2.75) is 25.2 Å². The summed E-state index contributed by atoms with van der Waals surface area (Å²) in [7, 11) is 0. The van der Waals surface area contributed by atoms with Gasteiger partial charge >= 0.3 is 0 Å². The van der Waals surface area contributed by atoms with Crippen molar-refractivity contribution in [2.24, 2.45) is 0 Å². The third kappa shape index (κ3) is 3.12. The van der Waals surface area contributed by atoms with Gasteiger partial charge in [0.25, 0.3) is 0 Å². The fourth-order valence-corrected chi connectivity index (χ4v) is 3.01. The van der Waals surface area contributed by atoms with E-state index in [1.807, 2.05) is 97.9 Å². The molecule has 3 aromatic carbocycles. The molecular weight excluding hydrogens is 296 g/mol. The highest BCUT2D eigenvalue weighted by atomic mass is 16.6. The van der Waals surface area contributed by atoms with Gasteiger partial charge in [0.2, 0.25) is 0 Å². The van der Waals surface area contributed by atoms with Crippen LogP contribution in [0.4, 0.5) is 0 Å². The summed E-state index contributed by atoms with van der Waals surface area (Å²) >= 11 is 0. The van der Waals surface area contributed by atoms with Crippen LogP contribution in [-0.2, 0) is 10.3 Å². The molecule has 3 aromatic rings. The largest absolute Gasteiger partial charge is 0.368 e. The summed E-state index contributed by atoms with van der Waals surface area (Å²) in [6.45, 7) is 1.91.